The molecule has 0 aromatic carbocycles. The molecule has 0 spiro atoms. The summed E-state index contributed by atoms with van der Waals surface area (Å²) in [5.41, 5.74) is 1.00. The van der Waals surface area contributed by atoms with E-state index in [4.69, 9.17) is 4.74 Å². The van der Waals surface area contributed by atoms with E-state index < -0.39 is 0 Å². The summed E-state index contributed by atoms with van der Waals surface area (Å²) in [5, 5.41) is 6.20. The number of carbonyl (C=O) groups is 1. The Morgan fingerprint density at radius 2 is 2.43 bits per heavy atom. The van der Waals surface area contributed by atoms with Gasteiger partial charge in [-0.1, -0.05) is 0 Å². The Labute approximate surface area is 125 Å². The van der Waals surface area contributed by atoms with Crippen LogP contribution in [0.4, 0.5) is 10.5 Å². The van der Waals surface area contributed by atoms with Gasteiger partial charge in [0.2, 0.25) is 0 Å². The van der Waals surface area contributed by atoms with Crippen LogP contribution in [-0.2, 0) is 4.74 Å². The summed E-state index contributed by atoms with van der Waals surface area (Å²) in [6, 6.07) is 3.86. The van der Waals surface area contributed by atoms with Crippen LogP contribution in [0.5, 0.6) is 0 Å². The highest BCUT2D eigenvalue weighted by Gasteiger charge is 2.19. The third-order valence-electron chi connectivity index (χ3n) is 3.52. The van der Waals surface area contributed by atoms with Crippen molar-refractivity contribution in [3.05, 3.63) is 24.5 Å². The third-order valence-corrected chi connectivity index (χ3v) is 3.52. The summed E-state index contributed by atoms with van der Waals surface area (Å²) >= 11 is 0. The van der Waals surface area contributed by atoms with Gasteiger partial charge in [-0.05, 0) is 25.0 Å². The third kappa shape index (κ3) is 5.59. The Morgan fingerprint density at radius 1 is 1.52 bits per heavy atom. The van der Waals surface area contributed by atoms with E-state index in [1.165, 1.54) is 0 Å². The average molecular weight is 292 g/mol. The predicted octanol–water partition coefficient (Wildman–Crippen LogP) is 1.56. The van der Waals surface area contributed by atoms with E-state index in [1.54, 1.807) is 17.3 Å². The summed E-state index contributed by atoms with van der Waals surface area (Å²) in [5.74, 6) is 0.480. The maximum Gasteiger partial charge on any atom is 0.317 e. The lowest BCUT2D eigenvalue weighted by molar-refractivity contribution is 0.171. The number of pyridine rings is 1. The number of nitrogens with zero attached hydrogens (tertiary/aromatic N) is 2. The summed E-state index contributed by atoms with van der Waals surface area (Å²) in [7, 11) is 1.83. The van der Waals surface area contributed by atoms with Crippen molar-refractivity contribution in [1.82, 2.24) is 15.2 Å². The van der Waals surface area contributed by atoms with Gasteiger partial charge in [0, 0.05) is 51.6 Å². The number of hydrogen-bond acceptors (Lipinski definition) is 4. The monoisotopic (exact) mass is 292 g/mol. The summed E-state index contributed by atoms with van der Waals surface area (Å²) in [6.07, 6.45) is 5.46. The molecule has 2 rings (SSSR count). The topological polar surface area (TPSA) is 66.5 Å². The first kappa shape index (κ1) is 15.6. The number of carbonyl (C=O) groups excluding carboxylic acids is 1. The van der Waals surface area contributed by atoms with Crippen molar-refractivity contribution >= 4 is 11.7 Å². The van der Waals surface area contributed by atoms with Crippen LogP contribution >= 0.6 is 0 Å². The molecule has 0 radical (unpaired) electrons. The molecule has 2 N–H and O–H groups in total. The van der Waals surface area contributed by atoms with Crippen LogP contribution in [0.15, 0.2) is 24.5 Å². The van der Waals surface area contributed by atoms with Gasteiger partial charge in [-0.3, -0.25) is 4.98 Å². The first-order chi connectivity index (χ1) is 10.3. The van der Waals surface area contributed by atoms with Gasteiger partial charge in [0.25, 0.3) is 0 Å². The molecule has 1 aliphatic heterocycles. The highest BCUT2D eigenvalue weighted by atomic mass is 16.5. The molecule has 1 aromatic rings. The lowest BCUT2D eigenvalue weighted by Crippen LogP contribution is -2.40. The van der Waals surface area contributed by atoms with Crippen molar-refractivity contribution in [3.8, 4) is 0 Å². The Kier molecular flexibility index (Phi) is 6.27. The summed E-state index contributed by atoms with van der Waals surface area (Å²) in [6.45, 7) is 3.83. The molecule has 1 atom stereocenters. The maximum absolute atomic E-state index is 11.9. The molecule has 21 heavy (non-hydrogen) atoms. The van der Waals surface area contributed by atoms with Crippen LogP contribution in [0, 0.1) is 5.92 Å². The van der Waals surface area contributed by atoms with E-state index in [0.29, 0.717) is 12.5 Å². The molecule has 1 fully saturated rings. The SMILES string of the molecule is CN(C[C@H]1CCOC1)C(=O)NCCCNc1cccnc1. The van der Waals surface area contributed by atoms with Crippen molar-refractivity contribution in [3.63, 3.8) is 0 Å². The predicted molar refractivity (Wildman–Crippen MR) is 82.3 cm³/mol. The zero-order chi connectivity index (χ0) is 14.9. The lowest BCUT2D eigenvalue weighted by Gasteiger charge is -2.20. The first-order valence-electron chi connectivity index (χ1n) is 7.46. The highest BCUT2D eigenvalue weighted by molar-refractivity contribution is 5.73. The van der Waals surface area contributed by atoms with Crippen LogP contribution in [-0.4, -0.2) is 55.8 Å². The van der Waals surface area contributed by atoms with E-state index in [0.717, 1.165) is 44.8 Å². The van der Waals surface area contributed by atoms with Crippen molar-refractivity contribution in [1.29, 1.82) is 0 Å². The molecule has 0 unspecified atom stereocenters. The maximum atomic E-state index is 11.9. The zero-order valence-corrected chi connectivity index (χ0v) is 12.5. The quantitative estimate of drug-likeness (QED) is 0.749. The van der Waals surface area contributed by atoms with E-state index in [-0.39, 0.29) is 6.03 Å². The second-order valence-electron chi connectivity index (χ2n) is 5.36. The van der Waals surface area contributed by atoms with Gasteiger partial charge < -0.3 is 20.3 Å². The minimum absolute atomic E-state index is 0.0109. The van der Waals surface area contributed by atoms with Gasteiger partial charge in [-0.25, -0.2) is 4.79 Å². The number of amides is 2. The Balaban J connectivity index is 1.54. The molecule has 116 valence electrons. The summed E-state index contributed by atoms with van der Waals surface area (Å²) < 4.78 is 5.32. The van der Waals surface area contributed by atoms with E-state index in [9.17, 15) is 4.79 Å². The van der Waals surface area contributed by atoms with Crippen molar-refractivity contribution in [2.45, 2.75) is 12.8 Å². The van der Waals surface area contributed by atoms with E-state index >= 15 is 0 Å². The van der Waals surface area contributed by atoms with Crippen LogP contribution in [0.3, 0.4) is 0 Å². The normalized spacial score (nSPS) is 17.5. The second kappa shape index (κ2) is 8.46. The average Bonchev–Trinajstić information content (AvgIpc) is 3.00. The minimum Gasteiger partial charge on any atom is -0.384 e. The van der Waals surface area contributed by atoms with Gasteiger partial charge >= 0.3 is 6.03 Å². The number of urea groups is 1. The fourth-order valence-corrected chi connectivity index (χ4v) is 2.32. The standard InChI is InChI=1S/C15H24N4O2/c1-19(11-13-5-9-21-12-13)15(20)18-8-3-7-17-14-4-2-6-16-10-14/h2,4,6,10,13,17H,3,5,7-9,11-12H2,1H3,(H,18,20)/t13-/m1/s1. The number of nitrogens with one attached hydrogen (secondary N) is 2. The smallest absolute Gasteiger partial charge is 0.317 e. The Morgan fingerprint density at radius 3 is 3.14 bits per heavy atom. The molecule has 0 bridgehead atoms. The van der Waals surface area contributed by atoms with Gasteiger partial charge in [0.1, 0.15) is 0 Å². The second-order valence-corrected chi connectivity index (χ2v) is 5.36. The van der Waals surface area contributed by atoms with Crippen LogP contribution in [0.2, 0.25) is 0 Å². The molecule has 1 saturated heterocycles. The number of anilines is 1. The molecule has 1 aromatic heterocycles. The fourth-order valence-electron chi connectivity index (χ4n) is 2.32. The Bertz CT molecular complexity index is 421. The number of aromatic nitrogens is 1. The van der Waals surface area contributed by atoms with Crippen LogP contribution in [0.25, 0.3) is 0 Å². The molecular formula is C15H24N4O2. The van der Waals surface area contributed by atoms with Crippen LogP contribution < -0.4 is 10.6 Å². The van der Waals surface area contributed by atoms with Gasteiger partial charge in [-0.2, -0.15) is 0 Å². The minimum atomic E-state index is -0.0109. The molecule has 2 heterocycles. The van der Waals surface area contributed by atoms with Gasteiger partial charge in [0.05, 0.1) is 12.3 Å². The fraction of sp³-hybridized carbons (Fsp3) is 0.600. The largest absolute Gasteiger partial charge is 0.384 e. The number of rotatable bonds is 7. The van der Waals surface area contributed by atoms with E-state index in [2.05, 4.69) is 15.6 Å². The lowest BCUT2D eigenvalue weighted by atomic mass is 10.1. The Hall–Kier alpha value is -1.82. The molecule has 6 heteroatoms. The molecule has 2 amide bonds. The van der Waals surface area contributed by atoms with Crippen molar-refractivity contribution in [2.24, 2.45) is 5.92 Å². The molecular weight excluding hydrogens is 268 g/mol. The number of hydrogen-bond donors (Lipinski definition) is 2. The summed E-state index contributed by atoms with van der Waals surface area (Å²) in [4.78, 5) is 17.7. The molecule has 0 saturated carbocycles. The highest BCUT2D eigenvalue weighted by Crippen LogP contribution is 2.13. The molecule has 1 aliphatic rings. The number of ether oxygens (including phenoxy) is 1. The van der Waals surface area contributed by atoms with E-state index in [1.807, 2.05) is 19.2 Å². The van der Waals surface area contributed by atoms with Crippen LogP contribution in [0.1, 0.15) is 12.8 Å². The van der Waals surface area contributed by atoms with Gasteiger partial charge in [0.15, 0.2) is 0 Å². The van der Waals surface area contributed by atoms with Crippen molar-refractivity contribution in [2.75, 3.05) is 45.2 Å². The first-order valence-corrected chi connectivity index (χ1v) is 7.46. The molecule has 6 nitrogen and oxygen atoms in total. The molecule has 0 aliphatic carbocycles. The zero-order valence-electron chi connectivity index (χ0n) is 12.5. The van der Waals surface area contributed by atoms with Crippen molar-refractivity contribution < 1.29 is 9.53 Å². The van der Waals surface area contributed by atoms with Gasteiger partial charge in [-0.15, -0.1) is 0 Å².